The fourth-order valence-corrected chi connectivity index (χ4v) is 1.84. The van der Waals surface area contributed by atoms with E-state index in [-0.39, 0.29) is 11.9 Å². The largest absolute Gasteiger partial charge is 0.378 e. The van der Waals surface area contributed by atoms with Gasteiger partial charge in [-0.25, -0.2) is 0 Å². The van der Waals surface area contributed by atoms with Gasteiger partial charge in [-0.3, -0.25) is 9.48 Å². The number of ketones is 1. The normalized spacial score (nSPS) is 21.5. The van der Waals surface area contributed by atoms with Crippen LogP contribution < -0.4 is 0 Å². The first-order valence-corrected chi connectivity index (χ1v) is 5.40. The Hall–Kier alpha value is -1.16. The van der Waals surface area contributed by atoms with E-state index in [1.807, 2.05) is 7.05 Å². The molecule has 1 aliphatic heterocycles. The van der Waals surface area contributed by atoms with Gasteiger partial charge in [-0.15, -0.1) is 0 Å². The van der Waals surface area contributed by atoms with Gasteiger partial charge >= 0.3 is 0 Å². The number of hydrogen-bond acceptors (Lipinski definition) is 3. The van der Waals surface area contributed by atoms with Crippen molar-refractivity contribution < 1.29 is 9.53 Å². The molecule has 2 heterocycles. The minimum Gasteiger partial charge on any atom is -0.378 e. The number of nitrogens with zero attached hydrogens (tertiary/aromatic N) is 2. The molecule has 0 aliphatic carbocycles. The highest BCUT2D eigenvalue weighted by atomic mass is 16.5. The Labute approximate surface area is 89.2 Å². The first kappa shape index (κ1) is 10.4. The van der Waals surface area contributed by atoms with Crippen molar-refractivity contribution in [3.63, 3.8) is 0 Å². The van der Waals surface area contributed by atoms with Crippen LogP contribution in [0.1, 0.15) is 36.2 Å². The summed E-state index contributed by atoms with van der Waals surface area (Å²) < 4.78 is 7.17. The highest BCUT2D eigenvalue weighted by Gasteiger charge is 2.19. The zero-order valence-electron chi connectivity index (χ0n) is 8.98. The molecule has 2 rings (SSSR count). The molecule has 1 aromatic rings. The van der Waals surface area contributed by atoms with Crippen LogP contribution >= 0.6 is 0 Å². The summed E-state index contributed by atoms with van der Waals surface area (Å²) in [6, 6.07) is 1.76. The molecule has 0 spiro atoms. The van der Waals surface area contributed by atoms with Gasteiger partial charge in [-0.1, -0.05) is 0 Å². The van der Waals surface area contributed by atoms with E-state index in [0.29, 0.717) is 12.1 Å². The minimum atomic E-state index is 0.0856. The lowest BCUT2D eigenvalue weighted by atomic mass is 10.0. The second-order valence-electron chi connectivity index (χ2n) is 3.99. The van der Waals surface area contributed by atoms with E-state index < -0.39 is 0 Å². The van der Waals surface area contributed by atoms with Gasteiger partial charge in [-0.05, 0) is 25.3 Å². The maximum absolute atomic E-state index is 11.8. The van der Waals surface area contributed by atoms with Crippen molar-refractivity contribution in [2.24, 2.45) is 7.05 Å². The van der Waals surface area contributed by atoms with Crippen molar-refractivity contribution in [2.75, 3.05) is 6.61 Å². The average Bonchev–Trinajstić information content (AvgIpc) is 2.66. The summed E-state index contributed by atoms with van der Waals surface area (Å²) in [5.41, 5.74) is 0.548. The molecule has 0 N–H and O–H groups in total. The van der Waals surface area contributed by atoms with Crippen molar-refractivity contribution in [2.45, 2.75) is 31.8 Å². The lowest BCUT2D eigenvalue weighted by molar-refractivity contribution is 0.0128. The number of hydrogen-bond donors (Lipinski definition) is 0. The fourth-order valence-electron chi connectivity index (χ4n) is 1.84. The molecule has 0 bridgehead atoms. The van der Waals surface area contributed by atoms with Gasteiger partial charge in [0, 0.05) is 26.3 Å². The predicted octanol–water partition coefficient (Wildman–Crippen LogP) is 1.56. The molecule has 1 saturated heterocycles. The molecular weight excluding hydrogens is 192 g/mol. The molecule has 4 heteroatoms. The molecule has 1 atom stereocenters. The average molecular weight is 208 g/mol. The number of Topliss-reactive ketones (excluding diaryl/α,β-unsaturated/α-hetero) is 1. The summed E-state index contributed by atoms with van der Waals surface area (Å²) in [5.74, 6) is 0.0856. The zero-order valence-corrected chi connectivity index (χ0v) is 8.98. The van der Waals surface area contributed by atoms with Crippen molar-refractivity contribution >= 4 is 5.78 Å². The SMILES string of the molecule is Cn1ccc(C(=O)CC2CCCCO2)n1. The van der Waals surface area contributed by atoms with E-state index in [0.717, 1.165) is 19.4 Å². The Morgan fingerprint density at radius 1 is 1.67 bits per heavy atom. The number of carbonyl (C=O) groups is 1. The minimum absolute atomic E-state index is 0.0856. The van der Waals surface area contributed by atoms with Gasteiger partial charge in [0.25, 0.3) is 0 Å². The molecule has 0 aromatic carbocycles. The topological polar surface area (TPSA) is 44.1 Å². The van der Waals surface area contributed by atoms with Gasteiger partial charge < -0.3 is 4.74 Å². The number of ether oxygens (including phenoxy) is 1. The quantitative estimate of drug-likeness (QED) is 0.708. The van der Waals surface area contributed by atoms with Crippen LogP contribution in [0.25, 0.3) is 0 Å². The Kier molecular flexibility index (Phi) is 3.16. The smallest absolute Gasteiger partial charge is 0.185 e. The Bertz CT molecular complexity index is 340. The van der Waals surface area contributed by atoms with Crippen LogP contribution in [-0.2, 0) is 11.8 Å². The summed E-state index contributed by atoms with van der Waals surface area (Å²) in [7, 11) is 1.81. The van der Waals surface area contributed by atoms with Crippen LogP contribution in [0.15, 0.2) is 12.3 Å². The third-order valence-electron chi connectivity index (χ3n) is 2.69. The number of aromatic nitrogens is 2. The molecule has 1 fully saturated rings. The molecule has 0 amide bonds. The van der Waals surface area contributed by atoms with E-state index in [1.54, 1.807) is 16.9 Å². The monoisotopic (exact) mass is 208 g/mol. The number of carbonyl (C=O) groups excluding carboxylic acids is 1. The lowest BCUT2D eigenvalue weighted by Gasteiger charge is -2.21. The number of aryl methyl sites for hydroxylation is 1. The molecule has 1 unspecified atom stereocenters. The van der Waals surface area contributed by atoms with Crippen LogP contribution in [0.4, 0.5) is 0 Å². The molecule has 15 heavy (non-hydrogen) atoms. The van der Waals surface area contributed by atoms with Crippen molar-refractivity contribution in [3.05, 3.63) is 18.0 Å². The second-order valence-corrected chi connectivity index (χ2v) is 3.99. The third kappa shape index (κ3) is 2.65. The second kappa shape index (κ2) is 4.57. The van der Waals surface area contributed by atoms with Crippen molar-refractivity contribution in [1.82, 2.24) is 9.78 Å². The molecule has 1 aliphatic rings. The molecule has 1 aromatic heterocycles. The van der Waals surface area contributed by atoms with E-state index in [9.17, 15) is 4.79 Å². The number of rotatable bonds is 3. The van der Waals surface area contributed by atoms with Crippen LogP contribution in [0, 0.1) is 0 Å². The van der Waals surface area contributed by atoms with Gasteiger partial charge in [0.2, 0.25) is 0 Å². The van der Waals surface area contributed by atoms with E-state index >= 15 is 0 Å². The molecule has 82 valence electrons. The lowest BCUT2D eigenvalue weighted by Crippen LogP contribution is -2.22. The Morgan fingerprint density at radius 3 is 3.13 bits per heavy atom. The first-order chi connectivity index (χ1) is 7.25. The summed E-state index contributed by atoms with van der Waals surface area (Å²) in [5, 5.41) is 4.09. The van der Waals surface area contributed by atoms with Crippen LogP contribution in [0.3, 0.4) is 0 Å². The Morgan fingerprint density at radius 2 is 2.53 bits per heavy atom. The maximum atomic E-state index is 11.8. The molecular formula is C11H16N2O2. The Balaban J connectivity index is 1.91. The summed E-state index contributed by atoms with van der Waals surface area (Å²) in [4.78, 5) is 11.8. The van der Waals surface area contributed by atoms with Gasteiger partial charge in [-0.2, -0.15) is 5.10 Å². The summed E-state index contributed by atoms with van der Waals surface area (Å²) >= 11 is 0. The highest BCUT2D eigenvalue weighted by Crippen LogP contribution is 2.17. The molecule has 0 saturated carbocycles. The van der Waals surface area contributed by atoms with Crippen molar-refractivity contribution in [3.8, 4) is 0 Å². The predicted molar refractivity (Wildman–Crippen MR) is 55.7 cm³/mol. The van der Waals surface area contributed by atoms with Crippen LogP contribution in [0.2, 0.25) is 0 Å². The van der Waals surface area contributed by atoms with E-state index in [1.165, 1.54) is 6.42 Å². The van der Waals surface area contributed by atoms with Gasteiger partial charge in [0.1, 0.15) is 5.69 Å². The van der Waals surface area contributed by atoms with Crippen molar-refractivity contribution in [1.29, 1.82) is 0 Å². The van der Waals surface area contributed by atoms with Gasteiger partial charge in [0.15, 0.2) is 5.78 Å². The fraction of sp³-hybridized carbons (Fsp3) is 0.636. The third-order valence-corrected chi connectivity index (χ3v) is 2.69. The highest BCUT2D eigenvalue weighted by molar-refractivity contribution is 5.94. The summed E-state index contributed by atoms with van der Waals surface area (Å²) in [6.07, 6.45) is 5.65. The van der Waals surface area contributed by atoms with E-state index in [4.69, 9.17) is 4.74 Å². The van der Waals surface area contributed by atoms with Gasteiger partial charge in [0.05, 0.1) is 6.10 Å². The summed E-state index contributed by atoms with van der Waals surface area (Å²) in [6.45, 7) is 0.792. The van der Waals surface area contributed by atoms with E-state index in [2.05, 4.69) is 5.10 Å². The zero-order chi connectivity index (χ0) is 10.7. The maximum Gasteiger partial charge on any atom is 0.185 e. The van der Waals surface area contributed by atoms with Crippen LogP contribution in [0.5, 0.6) is 0 Å². The van der Waals surface area contributed by atoms with Crippen LogP contribution in [-0.4, -0.2) is 28.3 Å². The first-order valence-electron chi connectivity index (χ1n) is 5.40. The molecule has 0 radical (unpaired) electrons. The molecule has 4 nitrogen and oxygen atoms in total. The standard InChI is InChI=1S/C11H16N2O2/c1-13-6-5-10(12-13)11(14)8-9-4-2-3-7-15-9/h5-6,9H,2-4,7-8H2,1H3.